The largest absolute Gasteiger partial charge is 0.497 e. The summed E-state index contributed by atoms with van der Waals surface area (Å²) in [5.74, 6) is 1.09. The molecule has 0 spiro atoms. The van der Waals surface area contributed by atoms with E-state index >= 15 is 0 Å². The Kier molecular flexibility index (Phi) is 5.77. The average Bonchev–Trinajstić information content (AvgIpc) is 3.08. The number of ketones is 1. The second-order valence-electron chi connectivity index (χ2n) is 6.61. The summed E-state index contributed by atoms with van der Waals surface area (Å²) in [4.78, 5) is 25.2. The van der Waals surface area contributed by atoms with Gasteiger partial charge in [0.1, 0.15) is 23.0 Å². The predicted octanol–water partition coefficient (Wildman–Crippen LogP) is 5.30. The number of rotatable bonds is 5. The van der Waals surface area contributed by atoms with Gasteiger partial charge in [0.05, 0.1) is 25.3 Å². The Morgan fingerprint density at radius 2 is 1.81 bits per heavy atom. The molecular formula is C24H17BrO6. The molecule has 0 saturated heterocycles. The van der Waals surface area contributed by atoms with E-state index in [9.17, 15) is 9.59 Å². The highest BCUT2D eigenvalue weighted by Gasteiger charge is 2.28. The number of allylic oxidation sites excluding steroid dienone is 1. The lowest BCUT2D eigenvalue weighted by Gasteiger charge is -2.07. The summed E-state index contributed by atoms with van der Waals surface area (Å²) in [5.41, 5.74) is 1.43. The Hall–Kier alpha value is -3.58. The maximum absolute atomic E-state index is 12.7. The first-order valence-corrected chi connectivity index (χ1v) is 10.1. The smallest absolute Gasteiger partial charge is 0.343 e. The van der Waals surface area contributed by atoms with Gasteiger partial charge < -0.3 is 18.9 Å². The molecule has 6 nitrogen and oxygen atoms in total. The maximum Gasteiger partial charge on any atom is 0.343 e. The van der Waals surface area contributed by atoms with Gasteiger partial charge in [-0.3, -0.25) is 4.79 Å². The van der Waals surface area contributed by atoms with Crippen LogP contribution in [0.3, 0.4) is 0 Å². The van der Waals surface area contributed by atoms with Crippen LogP contribution in [0.4, 0.5) is 0 Å². The van der Waals surface area contributed by atoms with Crippen LogP contribution >= 0.6 is 15.9 Å². The summed E-state index contributed by atoms with van der Waals surface area (Å²) in [6, 6.07) is 16.8. The van der Waals surface area contributed by atoms with Crippen molar-refractivity contribution in [3.8, 4) is 23.0 Å². The van der Waals surface area contributed by atoms with E-state index in [0.29, 0.717) is 33.9 Å². The standard InChI is InChI=1S/C24H17BrO6/c1-28-17-5-3-4-14(11-17)24(27)30-18-7-8-19-21(13-18)31-22(23(19)26)12-15-10-16(25)6-9-20(15)29-2/h3-13H,1-2H3/b22-12-. The molecule has 0 bridgehead atoms. The molecule has 1 aliphatic rings. The zero-order valence-corrected chi connectivity index (χ0v) is 18.3. The van der Waals surface area contributed by atoms with E-state index in [1.165, 1.54) is 13.2 Å². The number of carbonyl (C=O) groups is 2. The number of hydrogen-bond acceptors (Lipinski definition) is 6. The van der Waals surface area contributed by atoms with E-state index in [-0.39, 0.29) is 17.3 Å². The minimum atomic E-state index is -0.544. The first-order chi connectivity index (χ1) is 15.0. The fourth-order valence-corrected chi connectivity index (χ4v) is 3.48. The molecule has 3 aromatic carbocycles. The number of halogens is 1. The number of methoxy groups -OCH3 is 2. The molecular weight excluding hydrogens is 464 g/mol. The first-order valence-electron chi connectivity index (χ1n) is 9.26. The van der Waals surface area contributed by atoms with Crippen LogP contribution in [0.1, 0.15) is 26.3 Å². The van der Waals surface area contributed by atoms with Gasteiger partial charge in [0, 0.05) is 16.1 Å². The van der Waals surface area contributed by atoms with Gasteiger partial charge in [0.25, 0.3) is 0 Å². The Morgan fingerprint density at radius 3 is 2.58 bits per heavy atom. The Bertz CT molecular complexity index is 1210. The van der Waals surface area contributed by atoms with Gasteiger partial charge in [-0.15, -0.1) is 0 Å². The highest BCUT2D eigenvalue weighted by atomic mass is 79.9. The average molecular weight is 481 g/mol. The van der Waals surface area contributed by atoms with Crippen LogP contribution in [-0.2, 0) is 0 Å². The Labute approximate surface area is 187 Å². The van der Waals surface area contributed by atoms with Crippen molar-refractivity contribution >= 4 is 33.8 Å². The molecule has 0 aromatic heterocycles. The lowest BCUT2D eigenvalue weighted by molar-refractivity contribution is 0.0734. The number of Topliss-reactive ketones (excluding diaryl/α,β-unsaturated/α-hetero) is 1. The summed E-state index contributed by atoms with van der Waals surface area (Å²) >= 11 is 3.41. The molecule has 0 amide bonds. The molecule has 0 fully saturated rings. The summed E-state index contributed by atoms with van der Waals surface area (Å²) in [7, 11) is 3.08. The number of carbonyl (C=O) groups excluding carboxylic acids is 2. The zero-order valence-electron chi connectivity index (χ0n) is 16.7. The summed E-state index contributed by atoms with van der Waals surface area (Å²) < 4.78 is 22.5. The molecule has 1 aliphatic heterocycles. The summed E-state index contributed by atoms with van der Waals surface area (Å²) in [5, 5.41) is 0. The minimum absolute atomic E-state index is 0.155. The summed E-state index contributed by atoms with van der Waals surface area (Å²) in [6.45, 7) is 0. The lowest BCUT2D eigenvalue weighted by Crippen LogP contribution is -2.08. The number of fused-ring (bicyclic) bond motifs is 1. The minimum Gasteiger partial charge on any atom is -0.497 e. The Morgan fingerprint density at radius 1 is 0.968 bits per heavy atom. The SMILES string of the molecule is COc1cccc(C(=O)Oc2ccc3c(c2)O/C(=C\c2cc(Br)ccc2OC)C3=O)c1. The van der Waals surface area contributed by atoms with E-state index < -0.39 is 5.97 Å². The highest BCUT2D eigenvalue weighted by Crippen LogP contribution is 2.36. The topological polar surface area (TPSA) is 71.1 Å². The van der Waals surface area contributed by atoms with E-state index in [1.54, 1.807) is 55.7 Å². The number of benzene rings is 3. The molecule has 0 atom stereocenters. The third kappa shape index (κ3) is 4.32. The van der Waals surface area contributed by atoms with Gasteiger partial charge in [-0.05, 0) is 54.6 Å². The van der Waals surface area contributed by atoms with Crippen LogP contribution in [0.5, 0.6) is 23.0 Å². The number of ether oxygens (including phenoxy) is 4. The second-order valence-corrected chi connectivity index (χ2v) is 7.52. The molecule has 0 N–H and O–H groups in total. The van der Waals surface area contributed by atoms with Crippen molar-refractivity contribution in [2.24, 2.45) is 0 Å². The third-order valence-electron chi connectivity index (χ3n) is 4.64. The van der Waals surface area contributed by atoms with Crippen LogP contribution in [-0.4, -0.2) is 26.0 Å². The molecule has 1 heterocycles. The van der Waals surface area contributed by atoms with Gasteiger partial charge in [-0.2, -0.15) is 0 Å². The van der Waals surface area contributed by atoms with Gasteiger partial charge in [-0.25, -0.2) is 4.79 Å². The molecule has 156 valence electrons. The molecule has 0 unspecified atom stereocenters. The molecule has 7 heteroatoms. The fourth-order valence-electron chi connectivity index (χ4n) is 3.11. The van der Waals surface area contributed by atoms with Crippen molar-refractivity contribution in [3.05, 3.63) is 87.6 Å². The molecule has 4 rings (SSSR count). The van der Waals surface area contributed by atoms with Gasteiger partial charge in [0.2, 0.25) is 5.78 Å². The molecule has 0 radical (unpaired) electrons. The fraction of sp³-hybridized carbons (Fsp3) is 0.0833. The van der Waals surface area contributed by atoms with Gasteiger partial charge >= 0.3 is 5.97 Å². The number of esters is 1. The quantitative estimate of drug-likeness (QED) is 0.280. The second kappa shape index (κ2) is 8.65. The van der Waals surface area contributed by atoms with Crippen molar-refractivity contribution in [1.29, 1.82) is 0 Å². The first kappa shape index (κ1) is 20.7. The molecule has 31 heavy (non-hydrogen) atoms. The van der Waals surface area contributed by atoms with Crippen LogP contribution in [0.25, 0.3) is 6.08 Å². The van der Waals surface area contributed by atoms with E-state index in [1.807, 2.05) is 12.1 Å². The maximum atomic E-state index is 12.7. The van der Waals surface area contributed by atoms with Crippen molar-refractivity contribution < 1.29 is 28.5 Å². The molecule has 0 aliphatic carbocycles. The van der Waals surface area contributed by atoms with Crippen molar-refractivity contribution in [1.82, 2.24) is 0 Å². The predicted molar refractivity (Wildman–Crippen MR) is 118 cm³/mol. The van der Waals surface area contributed by atoms with E-state index in [0.717, 1.165) is 4.47 Å². The van der Waals surface area contributed by atoms with E-state index in [2.05, 4.69) is 15.9 Å². The van der Waals surface area contributed by atoms with Gasteiger partial charge in [0.15, 0.2) is 5.76 Å². The van der Waals surface area contributed by atoms with Crippen molar-refractivity contribution in [2.45, 2.75) is 0 Å². The Balaban J connectivity index is 1.57. The molecule has 3 aromatic rings. The van der Waals surface area contributed by atoms with Crippen molar-refractivity contribution in [3.63, 3.8) is 0 Å². The summed E-state index contributed by atoms with van der Waals surface area (Å²) in [6.07, 6.45) is 1.62. The van der Waals surface area contributed by atoms with Gasteiger partial charge in [-0.1, -0.05) is 22.0 Å². The third-order valence-corrected chi connectivity index (χ3v) is 5.13. The van der Waals surface area contributed by atoms with Crippen molar-refractivity contribution in [2.75, 3.05) is 14.2 Å². The van der Waals surface area contributed by atoms with Crippen LogP contribution < -0.4 is 18.9 Å². The highest BCUT2D eigenvalue weighted by molar-refractivity contribution is 9.10. The van der Waals surface area contributed by atoms with Crippen LogP contribution in [0, 0.1) is 0 Å². The van der Waals surface area contributed by atoms with E-state index in [4.69, 9.17) is 18.9 Å². The normalized spacial score (nSPS) is 13.5. The monoisotopic (exact) mass is 480 g/mol. The lowest BCUT2D eigenvalue weighted by atomic mass is 10.1. The number of hydrogen-bond donors (Lipinski definition) is 0. The zero-order chi connectivity index (χ0) is 22.0. The molecule has 0 saturated carbocycles. The van der Waals surface area contributed by atoms with Crippen LogP contribution in [0.2, 0.25) is 0 Å². The van der Waals surface area contributed by atoms with Crippen LogP contribution in [0.15, 0.2) is 70.9 Å².